The lowest BCUT2D eigenvalue weighted by Gasteiger charge is -2.23. The van der Waals surface area contributed by atoms with Crippen LogP contribution in [-0.4, -0.2) is 29.8 Å². The maximum Gasteiger partial charge on any atom is 0.179 e. The van der Waals surface area contributed by atoms with Gasteiger partial charge in [0, 0.05) is 12.1 Å². The van der Waals surface area contributed by atoms with E-state index in [2.05, 4.69) is 38.7 Å². The second-order valence-corrected chi connectivity index (χ2v) is 6.28. The summed E-state index contributed by atoms with van der Waals surface area (Å²) in [6.07, 6.45) is 3.79. The monoisotopic (exact) mass is 273 g/mol. The van der Waals surface area contributed by atoms with Gasteiger partial charge in [0.05, 0.1) is 6.04 Å². The van der Waals surface area contributed by atoms with Crippen LogP contribution in [0.2, 0.25) is 0 Å². The standard InChI is InChI=1S/C18H27NO/c1-5-6-16-9-10-19(12-16)15(4)18(20)17-8-7-13(2)14(3)11-17/h7-8,11,15-16H,5-6,9-10,12H2,1-4H3. The zero-order valence-corrected chi connectivity index (χ0v) is 13.3. The minimum Gasteiger partial charge on any atom is -0.293 e. The summed E-state index contributed by atoms with van der Waals surface area (Å²) in [4.78, 5) is 15.0. The first-order valence-electron chi connectivity index (χ1n) is 7.88. The molecule has 0 saturated carbocycles. The van der Waals surface area contributed by atoms with E-state index in [1.54, 1.807) is 0 Å². The van der Waals surface area contributed by atoms with E-state index in [-0.39, 0.29) is 11.8 Å². The van der Waals surface area contributed by atoms with Crippen molar-refractivity contribution in [1.82, 2.24) is 4.90 Å². The van der Waals surface area contributed by atoms with Gasteiger partial charge >= 0.3 is 0 Å². The van der Waals surface area contributed by atoms with E-state index in [0.717, 1.165) is 24.6 Å². The fourth-order valence-electron chi connectivity index (χ4n) is 3.16. The summed E-state index contributed by atoms with van der Waals surface area (Å²) in [5.74, 6) is 1.06. The van der Waals surface area contributed by atoms with Crippen molar-refractivity contribution in [2.75, 3.05) is 13.1 Å². The van der Waals surface area contributed by atoms with Gasteiger partial charge in [-0.2, -0.15) is 0 Å². The minimum atomic E-state index is 0.0129. The summed E-state index contributed by atoms with van der Waals surface area (Å²) in [7, 11) is 0. The predicted octanol–water partition coefficient (Wildman–Crippen LogP) is 4.00. The quantitative estimate of drug-likeness (QED) is 0.756. The summed E-state index contributed by atoms with van der Waals surface area (Å²) in [5.41, 5.74) is 3.31. The zero-order chi connectivity index (χ0) is 14.7. The third-order valence-electron chi connectivity index (χ3n) is 4.73. The number of benzene rings is 1. The SMILES string of the molecule is CCCC1CCN(C(C)C(=O)c2ccc(C)c(C)c2)C1. The molecule has 2 atom stereocenters. The van der Waals surface area contributed by atoms with E-state index in [1.165, 1.54) is 30.4 Å². The number of carbonyl (C=O) groups excluding carboxylic acids is 1. The minimum absolute atomic E-state index is 0.0129. The Labute approximate surface area is 123 Å². The Morgan fingerprint density at radius 3 is 2.75 bits per heavy atom. The van der Waals surface area contributed by atoms with Gasteiger partial charge in [0.25, 0.3) is 0 Å². The average molecular weight is 273 g/mol. The van der Waals surface area contributed by atoms with E-state index in [4.69, 9.17) is 0 Å². The Balaban J connectivity index is 2.03. The molecule has 0 spiro atoms. The third-order valence-corrected chi connectivity index (χ3v) is 4.73. The summed E-state index contributed by atoms with van der Waals surface area (Å²) >= 11 is 0. The first-order chi connectivity index (χ1) is 9.52. The van der Waals surface area contributed by atoms with Crippen LogP contribution >= 0.6 is 0 Å². The van der Waals surface area contributed by atoms with Crippen LogP contribution in [0.15, 0.2) is 18.2 Å². The molecule has 2 nitrogen and oxygen atoms in total. The van der Waals surface area contributed by atoms with Gasteiger partial charge in [-0.3, -0.25) is 9.69 Å². The molecule has 1 aliphatic rings. The summed E-state index contributed by atoms with van der Waals surface area (Å²) < 4.78 is 0. The molecular weight excluding hydrogens is 246 g/mol. The van der Waals surface area contributed by atoms with Crippen molar-refractivity contribution in [3.8, 4) is 0 Å². The van der Waals surface area contributed by atoms with Crippen molar-refractivity contribution < 1.29 is 4.79 Å². The molecule has 20 heavy (non-hydrogen) atoms. The van der Waals surface area contributed by atoms with E-state index >= 15 is 0 Å². The van der Waals surface area contributed by atoms with E-state index < -0.39 is 0 Å². The number of hydrogen-bond acceptors (Lipinski definition) is 2. The lowest BCUT2D eigenvalue weighted by atomic mass is 9.99. The molecule has 1 saturated heterocycles. The molecule has 1 aliphatic heterocycles. The maximum atomic E-state index is 12.6. The lowest BCUT2D eigenvalue weighted by molar-refractivity contribution is 0.0862. The van der Waals surface area contributed by atoms with Crippen molar-refractivity contribution >= 4 is 5.78 Å². The van der Waals surface area contributed by atoms with Crippen LogP contribution in [-0.2, 0) is 0 Å². The van der Waals surface area contributed by atoms with Crippen molar-refractivity contribution in [2.24, 2.45) is 5.92 Å². The van der Waals surface area contributed by atoms with Crippen molar-refractivity contribution in [1.29, 1.82) is 0 Å². The maximum absolute atomic E-state index is 12.6. The van der Waals surface area contributed by atoms with Crippen LogP contribution in [0.3, 0.4) is 0 Å². The Morgan fingerprint density at radius 1 is 1.35 bits per heavy atom. The van der Waals surface area contributed by atoms with Crippen molar-refractivity contribution in [3.63, 3.8) is 0 Å². The molecule has 110 valence electrons. The lowest BCUT2D eigenvalue weighted by Crippen LogP contribution is -2.37. The normalized spacial score (nSPS) is 21.1. The number of carbonyl (C=O) groups is 1. The van der Waals surface area contributed by atoms with Gasteiger partial charge in [-0.1, -0.05) is 25.5 Å². The molecule has 0 aliphatic carbocycles. The summed E-state index contributed by atoms with van der Waals surface area (Å²) in [6.45, 7) is 10.6. The second-order valence-electron chi connectivity index (χ2n) is 6.28. The first-order valence-corrected chi connectivity index (χ1v) is 7.88. The van der Waals surface area contributed by atoms with Crippen LogP contribution in [0.4, 0.5) is 0 Å². The van der Waals surface area contributed by atoms with Crippen LogP contribution in [0, 0.1) is 19.8 Å². The topological polar surface area (TPSA) is 20.3 Å². The molecule has 2 rings (SSSR count). The molecule has 0 radical (unpaired) electrons. The van der Waals surface area contributed by atoms with Crippen LogP contribution < -0.4 is 0 Å². The van der Waals surface area contributed by atoms with Crippen LogP contribution in [0.1, 0.15) is 54.6 Å². The predicted molar refractivity (Wildman–Crippen MR) is 84.3 cm³/mol. The number of aryl methyl sites for hydroxylation is 2. The highest BCUT2D eigenvalue weighted by atomic mass is 16.1. The number of likely N-dealkylation sites (tertiary alicyclic amines) is 1. The number of nitrogens with zero attached hydrogens (tertiary/aromatic N) is 1. The van der Waals surface area contributed by atoms with Gasteiger partial charge < -0.3 is 0 Å². The van der Waals surface area contributed by atoms with Crippen LogP contribution in [0.25, 0.3) is 0 Å². The van der Waals surface area contributed by atoms with Gasteiger partial charge in [-0.25, -0.2) is 0 Å². The van der Waals surface area contributed by atoms with Crippen LogP contribution in [0.5, 0.6) is 0 Å². The molecule has 2 heteroatoms. The molecule has 1 fully saturated rings. The van der Waals surface area contributed by atoms with Crippen molar-refractivity contribution in [2.45, 2.75) is 53.0 Å². The summed E-state index contributed by atoms with van der Waals surface area (Å²) in [6, 6.07) is 6.08. The Bertz CT molecular complexity index is 480. The number of hydrogen-bond donors (Lipinski definition) is 0. The van der Waals surface area contributed by atoms with Gasteiger partial charge in [-0.05, 0) is 63.3 Å². The van der Waals surface area contributed by atoms with Gasteiger partial charge in [0.2, 0.25) is 0 Å². The fraction of sp³-hybridized carbons (Fsp3) is 0.611. The fourth-order valence-corrected chi connectivity index (χ4v) is 3.16. The molecule has 2 unspecified atom stereocenters. The highest BCUT2D eigenvalue weighted by Crippen LogP contribution is 2.24. The largest absolute Gasteiger partial charge is 0.293 e. The number of rotatable bonds is 5. The van der Waals surface area contributed by atoms with Crippen molar-refractivity contribution in [3.05, 3.63) is 34.9 Å². The third kappa shape index (κ3) is 3.29. The van der Waals surface area contributed by atoms with E-state index in [9.17, 15) is 4.79 Å². The Hall–Kier alpha value is -1.15. The molecule has 1 heterocycles. The second kappa shape index (κ2) is 6.53. The molecule has 1 aromatic rings. The van der Waals surface area contributed by atoms with Gasteiger partial charge in [0.1, 0.15) is 0 Å². The molecule has 0 amide bonds. The van der Waals surface area contributed by atoms with Gasteiger partial charge in [0.15, 0.2) is 5.78 Å². The molecule has 1 aromatic carbocycles. The van der Waals surface area contributed by atoms with E-state index in [1.807, 2.05) is 12.1 Å². The molecule has 0 N–H and O–H groups in total. The average Bonchev–Trinajstić information content (AvgIpc) is 2.89. The van der Waals surface area contributed by atoms with Gasteiger partial charge in [-0.15, -0.1) is 0 Å². The number of ketones is 1. The molecular formula is C18H27NO. The zero-order valence-electron chi connectivity index (χ0n) is 13.3. The highest BCUT2D eigenvalue weighted by molar-refractivity contribution is 6.00. The smallest absolute Gasteiger partial charge is 0.179 e. The first kappa shape index (κ1) is 15.2. The molecule has 0 bridgehead atoms. The highest BCUT2D eigenvalue weighted by Gasteiger charge is 2.29. The molecule has 0 aromatic heterocycles. The van der Waals surface area contributed by atoms with E-state index in [0.29, 0.717) is 0 Å². The Kier molecular flexibility index (Phi) is 4.98. The summed E-state index contributed by atoms with van der Waals surface area (Å²) in [5, 5.41) is 0. The Morgan fingerprint density at radius 2 is 2.10 bits per heavy atom. The number of Topliss-reactive ketones (excluding diaryl/α,β-unsaturated/α-hetero) is 1.